The van der Waals surface area contributed by atoms with Gasteiger partial charge in [-0.15, -0.1) is 12.8 Å². The van der Waals surface area contributed by atoms with Gasteiger partial charge in [-0.1, -0.05) is 30.6 Å². The van der Waals surface area contributed by atoms with E-state index in [1.165, 1.54) is 18.2 Å². The summed E-state index contributed by atoms with van der Waals surface area (Å²) in [7, 11) is 0. The summed E-state index contributed by atoms with van der Waals surface area (Å²) in [4.78, 5) is 74.6. The van der Waals surface area contributed by atoms with Gasteiger partial charge in [0.25, 0.3) is 0 Å². The summed E-state index contributed by atoms with van der Waals surface area (Å²) < 4.78 is 32.0. The minimum absolute atomic E-state index is 0.146. The van der Waals surface area contributed by atoms with E-state index in [0.29, 0.717) is 89.4 Å². The molecule has 3 saturated carbocycles. The molecule has 0 amide bonds. The Morgan fingerprint density at radius 3 is 1.79 bits per heavy atom. The SMILES string of the molecule is C#Cc1cc(C(=O)OC2(C#C)CCC(c3ccc(OC(=O)C4CCC(C(=O)OCOC(=O)C=C)CC4)cc3)CC2)ccc1OC(=O)C1CCC(C(=O)OCC)CC1. The van der Waals surface area contributed by atoms with Crippen LogP contribution in [0.15, 0.2) is 55.1 Å². The molecule has 0 unspecified atom stereocenters. The molecule has 3 aliphatic carbocycles. The van der Waals surface area contributed by atoms with Crippen molar-refractivity contribution in [2.45, 2.75) is 95.5 Å². The highest BCUT2D eigenvalue weighted by Gasteiger charge is 2.39. The van der Waals surface area contributed by atoms with Crippen LogP contribution in [-0.4, -0.2) is 54.8 Å². The second-order valence-electron chi connectivity index (χ2n) is 14.7. The fraction of sp³-hybridized carbons (Fsp3) is 0.467. The lowest BCUT2D eigenvalue weighted by molar-refractivity contribution is -0.169. The molecule has 0 saturated heterocycles. The zero-order chi connectivity index (χ0) is 41.0. The summed E-state index contributed by atoms with van der Waals surface area (Å²) >= 11 is 0. The normalized spacial score (nSPS) is 24.2. The first-order chi connectivity index (χ1) is 27.5. The molecule has 0 bridgehead atoms. The summed E-state index contributed by atoms with van der Waals surface area (Å²) in [6, 6.07) is 11.8. The van der Waals surface area contributed by atoms with Crippen LogP contribution in [0.2, 0.25) is 0 Å². The molecule has 2 aromatic rings. The van der Waals surface area contributed by atoms with Crippen LogP contribution in [0, 0.1) is 48.4 Å². The summed E-state index contributed by atoms with van der Waals surface area (Å²) in [5, 5.41) is 0. The second-order valence-corrected chi connectivity index (χ2v) is 14.7. The van der Waals surface area contributed by atoms with Crippen LogP contribution in [0.5, 0.6) is 11.5 Å². The van der Waals surface area contributed by atoms with Crippen LogP contribution < -0.4 is 9.47 Å². The number of benzene rings is 2. The summed E-state index contributed by atoms with van der Waals surface area (Å²) in [5.41, 5.74) is 0.335. The molecule has 0 aliphatic heterocycles. The van der Waals surface area contributed by atoms with E-state index in [1.54, 1.807) is 19.1 Å². The maximum atomic E-state index is 13.4. The zero-order valence-corrected chi connectivity index (χ0v) is 32.2. The molecule has 0 spiro atoms. The average Bonchev–Trinajstić information content (AvgIpc) is 3.24. The fourth-order valence-corrected chi connectivity index (χ4v) is 7.70. The molecule has 0 radical (unpaired) electrons. The van der Waals surface area contributed by atoms with E-state index >= 15 is 0 Å². The number of rotatable bonds is 13. The molecular formula is C45H48O12. The largest absolute Gasteiger partial charge is 0.466 e. The van der Waals surface area contributed by atoms with Gasteiger partial charge in [-0.3, -0.25) is 19.2 Å². The quantitative estimate of drug-likeness (QED) is 0.0526. The van der Waals surface area contributed by atoms with Crippen LogP contribution in [-0.2, 0) is 42.9 Å². The van der Waals surface area contributed by atoms with E-state index in [-0.39, 0.29) is 58.4 Å². The van der Waals surface area contributed by atoms with Crippen molar-refractivity contribution >= 4 is 35.8 Å². The van der Waals surface area contributed by atoms with Gasteiger partial charge in [0.15, 0.2) is 5.60 Å². The molecule has 12 heteroatoms. The Bertz CT molecular complexity index is 1890. The molecule has 57 heavy (non-hydrogen) atoms. The highest BCUT2D eigenvalue weighted by atomic mass is 16.7. The number of esters is 6. The molecule has 5 rings (SSSR count). The van der Waals surface area contributed by atoms with Crippen molar-refractivity contribution in [3.8, 4) is 36.2 Å². The first-order valence-corrected chi connectivity index (χ1v) is 19.5. The van der Waals surface area contributed by atoms with Crippen molar-refractivity contribution in [3.63, 3.8) is 0 Å². The lowest BCUT2D eigenvalue weighted by atomic mass is 9.76. The van der Waals surface area contributed by atoms with Crippen LogP contribution >= 0.6 is 0 Å². The first kappa shape index (κ1) is 42.3. The third-order valence-corrected chi connectivity index (χ3v) is 11.1. The molecule has 3 fully saturated rings. The van der Waals surface area contributed by atoms with E-state index in [0.717, 1.165) is 11.6 Å². The highest BCUT2D eigenvalue weighted by molar-refractivity contribution is 5.91. The molecule has 2 aromatic carbocycles. The third-order valence-electron chi connectivity index (χ3n) is 11.1. The van der Waals surface area contributed by atoms with Gasteiger partial charge >= 0.3 is 35.8 Å². The summed E-state index contributed by atoms with van der Waals surface area (Å²) in [5.74, 6) is 1.79. The Balaban J connectivity index is 1.07. The minimum Gasteiger partial charge on any atom is -0.466 e. The van der Waals surface area contributed by atoms with Crippen molar-refractivity contribution in [1.29, 1.82) is 0 Å². The lowest BCUT2D eigenvalue weighted by Gasteiger charge is -2.36. The van der Waals surface area contributed by atoms with Gasteiger partial charge in [0, 0.05) is 6.08 Å². The Labute approximate surface area is 332 Å². The minimum atomic E-state index is -1.11. The van der Waals surface area contributed by atoms with Gasteiger partial charge in [-0.25, -0.2) is 9.59 Å². The van der Waals surface area contributed by atoms with Crippen LogP contribution in [0.25, 0.3) is 0 Å². The highest BCUT2D eigenvalue weighted by Crippen LogP contribution is 2.41. The molecule has 0 atom stereocenters. The number of hydrogen-bond donors (Lipinski definition) is 0. The van der Waals surface area contributed by atoms with Crippen molar-refractivity contribution < 1.29 is 57.2 Å². The number of ether oxygens (including phenoxy) is 6. The number of terminal acetylenes is 2. The van der Waals surface area contributed by atoms with Crippen LogP contribution in [0.3, 0.4) is 0 Å². The maximum absolute atomic E-state index is 13.4. The molecule has 300 valence electrons. The van der Waals surface area contributed by atoms with Gasteiger partial charge in [0.05, 0.1) is 41.4 Å². The van der Waals surface area contributed by atoms with Crippen LogP contribution in [0.1, 0.15) is 111 Å². The first-order valence-electron chi connectivity index (χ1n) is 19.5. The molecule has 0 N–H and O–H groups in total. The standard InChI is InChI=1S/C45H48O12/c1-5-29-27-36(19-22-38(29)56-43(50)35-15-9-32(10-16-35)40(47)52-8-4)44(51)57-45(7-3)25-23-31(24-26-45)30-17-20-37(21-18-30)55-42(49)34-13-11-33(12-14-34)41(48)54-28-53-39(46)6-2/h1,3,6,17-22,27,31-35H,2,8-16,23-26,28H2,4H3. The monoisotopic (exact) mass is 780 g/mol. The molecule has 12 nitrogen and oxygen atoms in total. The third kappa shape index (κ3) is 11.1. The Morgan fingerprint density at radius 1 is 0.719 bits per heavy atom. The molecule has 0 heterocycles. The van der Waals surface area contributed by atoms with Crippen molar-refractivity contribution in [1.82, 2.24) is 0 Å². The molecule has 3 aliphatic rings. The van der Waals surface area contributed by atoms with E-state index in [4.69, 9.17) is 36.5 Å². The van der Waals surface area contributed by atoms with Crippen LogP contribution in [0.4, 0.5) is 0 Å². The fourth-order valence-electron chi connectivity index (χ4n) is 7.70. The topological polar surface area (TPSA) is 158 Å². The lowest BCUT2D eigenvalue weighted by Crippen LogP contribution is -2.37. The summed E-state index contributed by atoms with van der Waals surface area (Å²) in [6.07, 6.45) is 18.8. The van der Waals surface area contributed by atoms with E-state index in [9.17, 15) is 28.8 Å². The van der Waals surface area contributed by atoms with Gasteiger partial charge < -0.3 is 28.4 Å². The number of hydrogen-bond acceptors (Lipinski definition) is 12. The van der Waals surface area contributed by atoms with Crippen molar-refractivity contribution in [3.05, 3.63) is 71.8 Å². The van der Waals surface area contributed by atoms with E-state index in [2.05, 4.69) is 23.2 Å². The Morgan fingerprint density at radius 2 is 1.26 bits per heavy atom. The van der Waals surface area contributed by atoms with Gasteiger partial charge in [-0.2, -0.15) is 0 Å². The smallest absolute Gasteiger partial charge is 0.339 e. The zero-order valence-electron chi connectivity index (χ0n) is 32.2. The average molecular weight is 781 g/mol. The predicted octanol–water partition coefficient (Wildman–Crippen LogP) is 6.77. The Kier molecular flexibility index (Phi) is 14.7. The van der Waals surface area contributed by atoms with E-state index < -0.39 is 36.3 Å². The second kappa shape index (κ2) is 19.8. The molecule has 0 aromatic heterocycles. The number of carbonyl (C=O) groups excluding carboxylic acids is 6. The summed E-state index contributed by atoms with van der Waals surface area (Å²) in [6.45, 7) is 4.89. The van der Waals surface area contributed by atoms with Crippen molar-refractivity contribution in [2.24, 2.45) is 23.7 Å². The van der Waals surface area contributed by atoms with Gasteiger partial charge in [0.1, 0.15) is 11.5 Å². The Hall–Kier alpha value is -5.88. The van der Waals surface area contributed by atoms with Gasteiger partial charge in [-0.05, 0) is 126 Å². The predicted molar refractivity (Wildman–Crippen MR) is 205 cm³/mol. The number of carbonyl (C=O) groups is 6. The maximum Gasteiger partial charge on any atom is 0.339 e. The van der Waals surface area contributed by atoms with Gasteiger partial charge in [0.2, 0.25) is 6.79 Å². The molecular weight excluding hydrogens is 732 g/mol. The van der Waals surface area contributed by atoms with Crippen molar-refractivity contribution in [2.75, 3.05) is 13.4 Å². The van der Waals surface area contributed by atoms with E-state index in [1.807, 2.05) is 12.1 Å².